The lowest BCUT2D eigenvalue weighted by Crippen LogP contribution is -2.25. The largest absolute Gasteiger partial charge is 0.351 e. The first-order chi connectivity index (χ1) is 9.58. The Morgan fingerprint density at radius 3 is 2.40 bits per heavy atom. The van der Waals surface area contributed by atoms with Gasteiger partial charge in [-0.25, -0.2) is 0 Å². The van der Waals surface area contributed by atoms with Gasteiger partial charge in [0.1, 0.15) is 5.69 Å². The van der Waals surface area contributed by atoms with Gasteiger partial charge in [0.2, 0.25) is 11.6 Å². The lowest BCUT2D eigenvalue weighted by Gasteiger charge is -2.12. The molecular formula is C15H8BrNO3. The molecule has 0 unspecified atom stereocenters. The summed E-state index contributed by atoms with van der Waals surface area (Å²) in [5, 5.41) is 0. The van der Waals surface area contributed by atoms with Crippen molar-refractivity contribution in [1.29, 1.82) is 0 Å². The van der Waals surface area contributed by atoms with Gasteiger partial charge in [-0.1, -0.05) is 30.3 Å². The van der Waals surface area contributed by atoms with Gasteiger partial charge in [0, 0.05) is 17.8 Å². The van der Waals surface area contributed by atoms with E-state index in [9.17, 15) is 14.4 Å². The third-order valence-electron chi connectivity index (χ3n) is 3.06. The SMILES string of the molecule is O=C1C=C(Br)C(=O)c2c1[nH]c(-c1ccccc1)cc2=O. The first kappa shape index (κ1) is 12.7. The fourth-order valence-electron chi connectivity index (χ4n) is 2.12. The molecule has 98 valence electrons. The second-order valence-corrected chi connectivity index (χ2v) is 5.20. The predicted octanol–water partition coefficient (Wildman–Crippen LogP) is 2.70. The van der Waals surface area contributed by atoms with Crippen LogP contribution in [0.3, 0.4) is 0 Å². The van der Waals surface area contributed by atoms with Crippen molar-refractivity contribution in [3.8, 4) is 11.3 Å². The molecule has 20 heavy (non-hydrogen) atoms. The number of nitrogens with one attached hydrogen (secondary N) is 1. The Kier molecular flexibility index (Phi) is 2.99. The molecule has 0 amide bonds. The van der Waals surface area contributed by atoms with Gasteiger partial charge in [-0.05, 0) is 21.5 Å². The summed E-state index contributed by atoms with van der Waals surface area (Å²) in [6.07, 6.45) is 1.18. The number of aromatic amines is 1. The predicted molar refractivity (Wildman–Crippen MR) is 78.2 cm³/mol. The number of ketones is 2. The average molecular weight is 330 g/mol. The Labute approximate surface area is 122 Å². The zero-order chi connectivity index (χ0) is 14.3. The second-order valence-electron chi connectivity index (χ2n) is 4.35. The van der Waals surface area contributed by atoms with E-state index in [0.29, 0.717) is 5.69 Å². The summed E-state index contributed by atoms with van der Waals surface area (Å²) in [6.45, 7) is 0. The molecule has 0 radical (unpaired) electrons. The molecule has 1 heterocycles. The number of rotatable bonds is 1. The van der Waals surface area contributed by atoms with Gasteiger partial charge in [-0.2, -0.15) is 0 Å². The van der Waals surface area contributed by atoms with Crippen molar-refractivity contribution in [2.24, 2.45) is 0 Å². The average Bonchev–Trinajstić information content (AvgIpc) is 2.45. The minimum absolute atomic E-state index is 0.0459. The summed E-state index contributed by atoms with van der Waals surface area (Å²) in [7, 11) is 0. The fourth-order valence-corrected chi connectivity index (χ4v) is 2.52. The number of H-pyrrole nitrogens is 1. The number of Topliss-reactive ketones (excluding diaryl/α,β-unsaturated/α-hetero) is 1. The van der Waals surface area contributed by atoms with Crippen LogP contribution in [-0.4, -0.2) is 16.6 Å². The van der Waals surface area contributed by atoms with Gasteiger partial charge in [0.25, 0.3) is 0 Å². The van der Waals surface area contributed by atoms with Crippen LogP contribution in [0.1, 0.15) is 20.8 Å². The molecule has 1 aromatic carbocycles. The van der Waals surface area contributed by atoms with Crippen molar-refractivity contribution < 1.29 is 9.59 Å². The van der Waals surface area contributed by atoms with Crippen LogP contribution < -0.4 is 5.43 Å². The van der Waals surface area contributed by atoms with E-state index < -0.39 is 11.2 Å². The first-order valence-corrected chi connectivity index (χ1v) is 6.66. The second kappa shape index (κ2) is 4.68. The van der Waals surface area contributed by atoms with E-state index in [1.165, 1.54) is 12.1 Å². The smallest absolute Gasteiger partial charge is 0.206 e. The standard InChI is InChI=1S/C15H8BrNO3/c16-9-6-12(19)14-13(15(9)20)11(18)7-10(17-14)8-4-2-1-3-5-8/h1-7H,(H,17,18). The van der Waals surface area contributed by atoms with E-state index in [1.807, 2.05) is 30.3 Å². The van der Waals surface area contributed by atoms with E-state index >= 15 is 0 Å². The van der Waals surface area contributed by atoms with Crippen molar-refractivity contribution in [3.05, 3.63) is 68.4 Å². The maximum absolute atomic E-state index is 12.1. The van der Waals surface area contributed by atoms with E-state index in [1.54, 1.807) is 0 Å². The maximum Gasteiger partial charge on any atom is 0.206 e. The summed E-state index contributed by atoms with van der Waals surface area (Å²) in [5.74, 6) is -0.859. The Morgan fingerprint density at radius 1 is 1.00 bits per heavy atom. The highest BCUT2D eigenvalue weighted by molar-refractivity contribution is 9.12. The number of hydrogen-bond acceptors (Lipinski definition) is 3. The zero-order valence-corrected chi connectivity index (χ0v) is 11.7. The van der Waals surface area contributed by atoms with Crippen molar-refractivity contribution in [2.45, 2.75) is 0 Å². The molecule has 0 spiro atoms. The van der Waals surface area contributed by atoms with Gasteiger partial charge in [0.15, 0.2) is 5.43 Å². The maximum atomic E-state index is 12.1. The van der Waals surface area contributed by atoms with Crippen LogP contribution in [0, 0.1) is 0 Å². The number of halogens is 1. The third kappa shape index (κ3) is 1.96. The highest BCUT2D eigenvalue weighted by Crippen LogP contribution is 2.23. The molecule has 4 nitrogen and oxygen atoms in total. The Bertz CT molecular complexity index is 819. The number of carbonyl (C=O) groups excluding carboxylic acids is 2. The fraction of sp³-hybridized carbons (Fsp3) is 0. The van der Waals surface area contributed by atoms with Gasteiger partial charge in [-0.15, -0.1) is 0 Å². The van der Waals surface area contributed by atoms with E-state index in [2.05, 4.69) is 20.9 Å². The summed E-state index contributed by atoms with van der Waals surface area (Å²) >= 11 is 3.00. The van der Waals surface area contributed by atoms with Crippen LogP contribution in [-0.2, 0) is 0 Å². The summed E-state index contributed by atoms with van der Waals surface area (Å²) in [5.41, 5.74) is 0.776. The van der Waals surface area contributed by atoms with Crippen molar-refractivity contribution >= 4 is 27.5 Å². The molecule has 1 aliphatic rings. The molecular weight excluding hydrogens is 322 g/mol. The molecule has 1 aliphatic carbocycles. The lowest BCUT2D eigenvalue weighted by molar-refractivity contribution is 0.0987. The molecule has 0 bridgehead atoms. The first-order valence-electron chi connectivity index (χ1n) is 5.87. The van der Waals surface area contributed by atoms with Gasteiger partial charge < -0.3 is 4.98 Å². The number of pyridine rings is 1. The molecule has 0 aliphatic heterocycles. The zero-order valence-electron chi connectivity index (χ0n) is 10.1. The Balaban J connectivity index is 2.26. The van der Waals surface area contributed by atoms with Crippen LogP contribution in [0.15, 0.2) is 51.8 Å². The highest BCUT2D eigenvalue weighted by atomic mass is 79.9. The monoisotopic (exact) mass is 329 g/mol. The van der Waals surface area contributed by atoms with Gasteiger partial charge in [-0.3, -0.25) is 14.4 Å². The normalized spacial score (nSPS) is 13.9. The third-order valence-corrected chi connectivity index (χ3v) is 3.65. The quantitative estimate of drug-likeness (QED) is 0.874. The number of allylic oxidation sites excluding steroid dienone is 2. The number of hydrogen-bond donors (Lipinski definition) is 1. The van der Waals surface area contributed by atoms with Crippen LogP contribution in [0.25, 0.3) is 11.3 Å². The number of fused-ring (bicyclic) bond motifs is 1. The molecule has 3 rings (SSSR count). The van der Waals surface area contributed by atoms with Crippen molar-refractivity contribution in [2.75, 3.05) is 0 Å². The number of benzene rings is 1. The van der Waals surface area contributed by atoms with Gasteiger partial charge >= 0.3 is 0 Å². The lowest BCUT2D eigenvalue weighted by atomic mass is 9.98. The van der Waals surface area contributed by atoms with Crippen molar-refractivity contribution in [1.82, 2.24) is 4.98 Å². The molecule has 0 saturated carbocycles. The molecule has 0 fully saturated rings. The molecule has 5 heteroatoms. The molecule has 0 saturated heterocycles. The van der Waals surface area contributed by atoms with Crippen molar-refractivity contribution in [3.63, 3.8) is 0 Å². The van der Waals surface area contributed by atoms with E-state index in [4.69, 9.17) is 0 Å². The minimum atomic E-state index is -0.472. The van der Waals surface area contributed by atoms with Gasteiger partial charge in [0.05, 0.1) is 10.0 Å². The van der Waals surface area contributed by atoms with Crippen LogP contribution in [0.4, 0.5) is 0 Å². The summed E-state index contributed by atoms with van der Waals surface area (Å²) in [4.78, 5) is 38.9. The van der Waals surface area contributed by atoms with E-state index in [-0.39, 0.29) is 21.5 Å². The molecule has 0 atom stereocenters. The molecule has 2 aromatic rings. The summed E-state index contributed by atoms with van der Waals surface area (Å²) in [6, 6.07) is 10.5. The Morgan fingerprint density at radius 2 is 1.70 bits per heavy atom. The number of aromatic nitrogens is 1. The van der Waals surface area contributed by atoms with Crippen LogP contribution >= 0.6 is 15.9 Å². The van der Waals surface area contributed by atoms with Crippen LogP contribution in [0.2, 0.25) is 0 Å². The van der Waals surface area contributed by atoms with Crippen LogP contribution in [0.5, 0.6) is 0 Å². The summed E-state index contributed by atoms with van der Waals surface area (Å²) < 4.78 is 0.105. The molecule has 1 N–H and O–H groups in total. The van der Waals surface area contributed by atoms with E-state index in [0.717, 1.165) is 5.56 Å². The minimum Gasteiger partial charge on any atom is -0.351 e. The molecule has 1 aromatic heterocycles. The topological polar surface area (TPSA) is 67.0 Å². The highest BCUT2D eigenvalue weighted by Gasteiger charge is 2.28. The Hall–Kier alpha value is -2.27. The number of carbonyl (C=O) groups is 2.